The van der Waals surface area contributed by atoms with Crippen LogP contribution in [0.3, 0.4) is 0 Å². The molecule has 0 spiro atoms. The minimum Gasteiger partial charge on any atom is -0.289 e. The fourth-order valence-corrected chi connectivity index (χ4v) is 3.27. The van der Waals surface area contributed by atoms with E-state index in [9.17, 15) is 4.79 Å². The average molecular weight is 252 g/mol. The molecule has 4 rings (SSSR count). The average Bonchev–Trinajstić information content (AvgIpc) is 2.77. The van der Waals surface area contributed by atoms with Crippen LogP contribution in [0.5, 0.6) is 0 Å². The second-order valence-corrected chi connectivity index (χ2v) is 5.14. The summed E-state index contributed by atoms with van der Waals surface area (Å²) in [5, 5.41) is 0. The fraction of sp³-hybridized carbons (Fsp3) is 0. The summed E-state index contributed by atoms with van der Waals surface area (Å²) in [5.41, 5.74) is 2.70. The first-order chi connectivity index (χ1) is 8.84. The van der Waals surface area contributed by atoms with Gasteiger partial charge in [-0.1, -0.05) is 29.5 Å². The molecule has 4 heteroatoms. The molecule has 18 heavy (non-hydrogen) atoms. The van der Waals surface area contributed by atoms with E-state index in [1.165, 1.54) is 4.70 Å². The Balaban J connectivity index is 2.34. The van der Waals surface area contributed by atoms with Gasteiger partial charge in [-0.25, -0.2) is 4.98 Å². The Bertz CT molecular complexity index is 906. The molecule has 0 fully saturated rings. The van der Waals surface area contributed by atoms with Crippen LogP contribution in [0.1, 0.15) is 0 Å². The highest BCUT2D eigenvalue weighted by atomic mass is 32.1. The fourth-order valence-electron chi connectivity index (χ4n) is 2.27. The number of para-hydroxylation sites is 1. The number of fused-ring (bicyclic) bond motifs is 5. The van der Waals surface area contributed by atoms with Gasteiger partial charge >= 0.3 is 0 Å². The van der Waals surface area contributed by atoms with E-state index in [0.29, 0.717) is 5.56 Å². The van der Waals surface area contributed by atoms with Crippen molar-refractivity contribution >= 4 is 26.5 Å². The molecule has 1 aliphatic heterocycles. The zero-order valence-electron chi connectivity index (χ0n) is 9.33. The molecule has 0 radical (unpaired) electrons. The third-order valence-electron chi connectivity index (χ3n) is 3.09. The second kappa shape index (κ2) is 3.40. The van der Waals surface area contributed by atoms with Gasteiger partial charge in [0.2, 0.25) is 0 Å². The van der Waals surface area contributed by atoms with Crippen LogP contribution in [0.25, 0.3) is 26.4 Å². The third-order valence-corrected chi connectivity index (χ3v) is 4.12. The molecular weight excluding hydrogens is 244 g/mol. The van der Waals surface area contributed by atoms with Gasteiger partial charge in [0.25, 0.3) is 0 Å². The highest BCUT2D eigenvalue weighted by molar-refractivity contribution is 7.23. The predicted molar refractivity (Wildman–Crippen MR) is 73.5 cm³/mol. The van der Waals surface area contributed by atoms with E-state index < -0.39 is 0 Å². The second-order valence-electron chi connectivity index (χ2n) is 4.13. The molecule has 2 aromatic rings. The standard InChI is InChI=1S/C14H8N2OS/c17-12-6-3-5-10-9(12)8-15-14-16(10)11-4-1-2-7-13(11)18-14/h1-8H. The SMILES string of the molecule is O=c1cccc2n3c(ncc1-2)sc1ccccc13. The molecule has 0 saturated carbocycles. The van der Waals surface area contributed by atoms with Crippen LogP contribution in [0, 0.1) is 0 Å². The maximum Gasteiger partial charge on any atom is 0.195 e. The van der Waals surface area contributed by atoms with Crippen molar-refractivity contribution in [1.29, 1.82) is 0 Å². The third kappa shape index (κ3) is 1.18. The largest absolute Gasteiger partial charge is 0.289 e. The van der Waals surface area contributed by atoms with Gasteiger partial charge in [-0.05, 0) is 24.3 Å². The van der Waals surface area contributed by atoms with Gasteiger partial charge in [-0.15, -0.1) is 0 Å². The molecule has 0 amide bonds. The van der Waals surface area contributed by atoms with Crippen molar-refractivity contribution in [2.75, 3.05) is 0 Å². The Morgan fingerprint density at radius 2 is 1.94 bits per heavy atom. The molecule has 1 aromatic heterocycles. The number of benzene rings is 2. The Labute approximate surface area is 106 Å². The maximum absolute atomic E-state index is 11.8. The molecule has 0 bridgehead atoms. The van der Waals surface area contributed by atoms with E-state index in [0.717, 1.165) is 16.2 Å². The Hall–Kier alpha value is -2.20. The summed E-state index contributed by atoms with van der Waals surface area (Å²) in [5.74, 6) is 0. The molecule has 0 unspecified atom stereocenters. The summed E-state index contributed by atoms with van der Waals surface area (Å²) in [6.07, 6.45) is 1.67. The first kappa shape index (κ1) is 9.79. The van der Waals surface area contributed by atoms with Crippen molar-refractivity contribution in [2.45, 2.75) is 0 Å². The van der Waals surface area contributed by atoms with Crippen LogP contribution in [0.15, 0.2) is 53.5 Å². The lowest BCUT2D eigenvalue weighted by molar-refractivity contribution is 1.17. The lowest BCUT2D eigenvalue weighted by Gasteiger charge is -2.06. The number of rotatable bonds is 0. The highest BCUT2D eigenvalue weighted by Gasteiger charge is 2.13. The minimum absolute atomic E-state index is 0.0182. The number of hydrogen-bond donors (Lipinski definition) is 0. The van der Waals surface area contributed by atoms with Gasteiger partial charge in [0, 0.05) is 6.20 Å². The maximum atomic E-state index is 11.8. The topological polar surface area (TPSA) is 34.4 Å². The first-order valence-corrected chi connectivity index (χ1v) is 6.44. The van der Waals surface area contributed by atoms with Crippen molar-refractivity contribution in [1.82, 2.24) is 9.38 Å². The zero-order chi connectivity index (χ0) is 12.1. The number of nitrogens with zero attached hydrogens (tertiary/aromatic N) is 2. The van der Waals surface area contributed by atoms with E-state index >= 15 is 0 Å². The summed E-state index contributed by atoms with van der Waals surface area (Å²) < 4.78 is 3.23. The Morgan fingerprint density at radius 3 is 2.89 bits per heavy atom. The van der Waals surface area contributed by atoms with Gasteiger partial charge in [-0.2, -0.15) is 0 Å². The lowest BCUT2D eigenvalue weighted by Crippen LogP contribution is -2.07. The van der Waals surface area contributed by atoms with Gasteiger partial charge in [0.05, 0.1) is 21.5 Å². The molecule has 2 heterocycles. The lowest BCUT2D eigenvalue weighted by atomic mass is 10.1. The number of hydrogen-bond acceptors (Lipinski definition) is 3. The monoisotopic (exact) mass is 252 g/mol. The van der Waals surface area contributed by atoms with Gasteiger partial charge < -0.3 is 0 Å². The Kier molecular flexibility index (Phi) is 1.85. The zero-order valence-corrected chi connectivity index (χ0v) is 10.1. The van der Waals surface area contributed by atoms with Crippen LogP contribution in [0.4, 0.5) is 0 Å². The smallest absolute Gasteiger partial charge is 0.195 e. The minimum atomic E-state index is 0.0182. The van der Waals surface area contributed by atoms with Crippen molar-refractivity contribution in [3.63, 3.8) is 0 Å². The van der Waals surface area contributed by atoms with Crippen LogP contribution < -0.4 is 5.43 Å². The molecule has 3 nitrogen and oxygen atoms in total. The highest BCUT2D eigenvalue weighted by Crippen LogP contribution is 2.29. The molecule has 86 valence electrons. The summed E-state index contributed by atoms with van der Waals surface area (Å²) in [6.45, 7) is 0. The van der Waals surface area contributed by atoms with Crippen molar-refractivity contribution in [2.24, 2.45) is 0 Å². The quantitative estimate of drug-likeness (QED) is 0.482. The van der Waals surface area contributed by atoms with E-state index in [4.69, 9.17) is 0 Å². The van der Waals surface area contributed by atoms with Crippen molar-refractivity contribution < 1.29 is 0 Å². The molecule has 0 N–H and O–H groups in total. The van der Waals surface area contributed by atoms with Gasteiger partial charge in [0.1, 0.15) is 0 Å². The van der Waals surface area contributed by atoms with Crippen LogP contribution in [0.2, 0.25) is 0 Å². The van der Waals surface area contributed by atoms with Crippen LogP contribution in [-0.2, 0) is 0 Å². The van der Waals surface area contributed by atoms with E-state index in [-0.39, 0.29) is 5.43 Å². The van der Waals surface area contributed by atoms with Crippen molar-refractivity contribution in [3.05, 3.63) is 58.9 Å². The molecule has 1 aromatic carbocycles. The van der Waals surface area contributed by atoms with Gasteiger partial charge in [-0.3, -0.25) is 9.20 Å². The van der Waals surface area contributed by atoms with E-state index in [1.54, 1.807) is 29.7 Å². The van der Waals surface area contributed by atoms with Crippen molar-refractivity contribution in [3.8, 4) is 11.3 Å². The molecular formula is C14H8N2OS. The first-order valence-electron chi connectivity index (χ1n) is 5.63. The van der Waals surface area contributed by atoms with Crippen LogP contribution >= 0.6 is 11.3 Å². The van der Waals surface area contributed by atoms with Gasteiger partial charge in [0.15, 0.2) is 10.4 Å². The summed E-state index contributed by atoms with van der Waals surface area (Å²) in [7, 11) is 0. The normalized spacial score (nSPS) is 11.6. The summed E-state index contributed by atoms with van der Waals surface area (Å²) in [6, 6.07) is 13.5. The summed E-state index contributed by atoms with van der Waals surface area (Å²) >= 11 is 1.63. The van der Waals surface area contributed by atoms with Crippen LogP contribution in [-0.4, -0.2) is 9.38 Å². The number of thiazole rings is 1. The number of aromatic nitrogens is 2. The molecule has 2 aliphatic rings. The molecule has 0 saturated heterocycles. The summed E-state index contributed by atoms with van der Waals surface area (Å²) in [4.78, 5) is 17.1. The van der Waals surface area contributed by atoms with E-state index in [1.807, 2.05) is 18.2 Å². The molecule has 1 aliphatic carbocycles. The molecule has 0 atom stereocenters. The van der Waals surface area contributed by atoms with E-state index in [2.05, 4.69) is 21.5 Å². The predicted octanol–water partition coefficient (Wildman–Crippen LogP) is 3.01. The Morgan fingerprint density at radius 1 is 1.06 bits per heavy atom.